The molecule has 0 unspecified atom stereocenters. The number of anilines is 1. The molecule has 0 fully saturated rings. The van der Waals surface area contributed by atoms with Crippen LogP contribution in [0.1, 0.15) is 11.1 Å². The number of aromatic nitrogens is 1. The first-order valence-corrected chi connectivity index (χ1v) is 9.90. The molecule has 2 aromatic carbocycles. The Labute approximate surface area is 164 Å². The molecule has 5 nitrogen and oxygen atoms in total. The highest BCUT2D eigenvalue weighted by Gasteiger charge is 2.21. The molecule has 27 heavy (non-hydrogen) atoms. The monoisotopic (exact) mass is 384 g/mol. The van der Waals surface area contributed by atoms with Crippen molar-refractivity contribution in [3.05, 3.63) is 53.6 Å². The van der Waals surface area contributed by atoms with E-state index >= 15 is 0 Å². The third kappa shape index (κ3) is 4.84. The van der Waals surface area contributed by atoms with E-state index in [1.807, 2.05) is 30.3 Å². The number of rotatable bonds is 7. The number of nitrogens with zero attached hydrogens (tertiary/aromatic N) is 2. The summed E-state index contributed by atoms with van der Waals surface area (Å²) in [5.74, 6) is 0.618. The van der Waals surface area contributed by atoms with Gasteiger partial charge in [-0.1, -0.05) is 29.5 Å². The normalized spacial score (nSPS) is 11.1. The van der Waals surface area contributed by atoms with Crippen LogP contribution in [-0.2, 0) is 4.79 Å². The third-order valence-electron chi connectivity index (χ3n) is 4.47. The highest BCUT2D eigenvalue weighted by molar-refractivity contribution is 7.22. The highest BCUT2D eigenvalue weighted by atomic mass is 32.1. The van der Waals surface area contributed by atoms with Gasteiger partial charge in [0.25, 0.3) is 5.91 Å². The van der Waals surface area contributed by atoms with E-state index in [2.05, 4.69) is 40.1 Å². The quantitative estimate of drug-likeness (QED) is 0.681. The molecular formula is C21H26N3O2S+. The molecule has 1 heterocycles. The Balaban J connectivity index is 1.82. The van der Waals surface area contributed by atoms with Gasteiger partial charge in [-0.15, -0.1) is 0 Å². The van der Waals surface area contributed by atoms with Gasteiger partial charge in [-0.3, -0.25) is 9.69 Å². The minimum absolute atomic E-state index is 0.000750. The number of fused-ring (bicyclic) bond motifs is 1. The first kappa shape index (κ1) is 19.3. The van der Waals surface area contributed by atoms with Crippen LogP contribution in [0.4, 0.5) is 5.13 Å². The first-order valence-electron chi connectivity index (χ1n) is 9.09. The van der Waals surface area contributed by atoms with Crippen LogP contribution in [0.2, 0.25) is 0 Å². The van der Waals surface area contributed by atoms with Crippen LogP contribution in [0, 0.1) is 13.8 Å². The summed E-state index contributed by atoms with van der Waals surface area (Å²) >= 11 is 1.56. The van der Waals surface area contributed by atoms with Crippen molar-refractivity contribution in [2.75, 3.05) is 38.7 Å². The molecule has 142 valence electrons. The van der Waals surface area contributed by atoms with E-state index in [-0.39, 0.29) is 12.5 Å². The zero-order chi connectivity index (χ0) is 19.4. The summed E-state index contributed by atoms with van der Waals surface area (Å²) in [5.41, 5.74) is 3.39. The molecule has 0 aliphatic heterocycles. The lowest BCUT2D eigenvalue weighted by atomic mass is 10.1. The molecule has 0 aliphatic rings. The Hall–Kier alpha value is -2.44. The van der Waals surface area contributed by atoms with E-state index < -0.39 is 0 Å². The van der Waals surface area contributed by atoms with E-state index in [1.54, 1.807) is 16.2 Å². The lowest BCUT2D eigenvalue weighted by molar-refractivity contribution is -0.856. The summed E-state index contributed by atoms with van der Waals surface area (Å²) in [7, 11) is 4.16. The number of amides is 1. The fraction of sp³-hybridized carbons (Fsp3) is 0.333. The molecule has 0 atom stereocenters. The predicted molar refractivity (Wildman–Crippen MR) is 111 cm³/mol. The summed E-state index contributed by atoms with van der Waals surface area (Å²) in [6, 6.07) is 13.6. The number of likely N-dealkylation sites (N-methyl/N-ethyl adjacent to an activating group) is 1. The average Bonchev–Trinajstić information content (AvgIpc) is 3.03. The number of para-hydroxylation sites is 1. The van der Waals surface area contributed by atoms with Gasteiger partial charge >= 0.3 is 0 Å². The number of quaternary nitrogens is 1. The molecule has 1 amide bonds. The van der Waals surface area contributed by atoms with Gasteiger partial charge in [-0.25, -0.2) is 4.98 Å². The van der Waals surface area contributed by atoms with E-state index in [9.17, 15) is 4.79 Å². The van der Waals surface area contributed by atoms with E-state index in [0.29, 0.717) is 12.3 Å². The van der Waals surface area contributed by atoms with Crippen molar-refractivity contribution in [2.45, 2.75) is 13.8 Å². The van der Waals surface area contributed by atoms with Crippen LogP contribution < -0.4 is 14.5 Å². The van der Waals surface area contributed by atoms with Crippen molar-refractivity contribution >= 4 is 32.6 Å². The zero-order valence-electron chi connectivity index (χ0n) is 16.3. The lowest BCUT2D eigenvalue weighted by Crippen LogP contribution is -3.06. The van der Waals surface area contributed by atoms with E-state index in [0.717, 1.165) is 21.9 Å². The van der Waals surface area contributed by atoms with Crippen LogP contribution in [0.15, 0.2) is 42.5 Å². The van der Waals surface area contributed by atoms with Gasteiger partial charge < -0.3 is 9.64 Å². The highest BCUT2D eigenvalue weighted by Crippen LogP contribution is 2.30. The Kier molecular flexibility index (Phi) is 6.08. The van der Waals surface area contributed by atoms with Crippen molar-refractivity contribution in [3.63, 3.8) is 0 Å². The summed E-state index contributed by atoms with van der Waals surface area (Å²) < 4.78 is 6.77. The number of ether oxygens (including phenoxy) is 1. The lowest BCUT2D eigenvalue weighted by Gasteiger charge is -2.20. The fourth-order valence-corrected chi connectivity index (χ4v) is 3.77. The topological polar surface area (TPSA) is 46.9 Å². The van der Waals surface area contributed by atoms with Gasteiger partial charge in [0.1, 0.15) is 5.75 Å². The second-order valence-corrected chi connectivity index (χ2v) is 8.01. The molecule has 0 aliphatic carbocycles. The Bertz CT molecular complexity index is 883. The minimum Gasteiger partial charge on any atom is -0.484 e. The third-order valence-corrected chi connectivity index (χ3v) is 5.51. The molecule has 3 aromatic rings. The molecule has 0 saturated carbocycles. The van der Waals surface area contributed by atoms with Crippen molar-refractivity contribution < 1.29 is 14.4 Å². The number of aryl methyl sites for hydroxylation is 2. The van der Waals surface area contributed by atoms with Gasteiger partial charge in [0.15, 0.2) is 11.7 Å². The van der Waals surface area contributed by atoms with Gasteiger partial charge in [0.2, 0.25) is 0 Å². The number of carbonyl (C=O) groups excluding carboxylic acids is 1. The Morgan fingerprint density at radius 3 is 2.56 bits per heavy atom. The second-order valence-electron chi connectivity index (χ2n) is 7.00. The summed E-state index contributed by atoms with van der Waals surface area (Å²) in [4.78, 5) is 20.7. The molecular weight excluding hydrogens is 358 g/mol. The van der Waals surface area contributed by atoms with Gasteiger partial charge in [0, 0.05) is 0 Å². The van der Waals surface area contributed by atoms with Crippen molar-refractivity contribution in [2.24, 2.45) is 0 Å². The number of hydrogen-bond acceptors (Lipinski definition) is 4. The maximum absolute atomic E-state index is 12.9. The summed E-state index contributed by atoms with van der Waals surface area (Å²) in [6.45, 7) is 5.63. The molecule has 1 N–H and O–H groups in total. The second kappa shape index (κ2) is 8.50. The molecule has 0 radical (unpaired) electrons. The molecule has 0 saturated heterocycles. The fourth-order valence-electron chi connectivity index (χ4n) is 2.69. The van der Waals surface area contributed by atoms with E-state index in [4.69, 9.17) is 9.72 Å². The van der Waals surface area contributed by atoms with Crippen LogP contribution in [0.25, 0.3) is 10.2 Å². The number of hydrogen-bond donors (Lipinski definition) is 1. The number of carbonyl (C=O) groups is 1. The predicted octanol–water partition coefficient (Wildman–Crippen LogP) is 2.47. The van der Waals surface area contributed by atoms with Gasteiger partial charge in [0.05, 0.1) is 37.4 Å². The SMILES string of the molecule is Cc1cc2nc(N(CC[NH+](C)C)C(=O)COc3ccccc3)sc2cc1C. The van der Waals surface area contributed by atoms with Crippen LogP contribution >= 0.6 is 11.3 Å². The molecule has 6 heteroatoms. The molecule has 1 aromatic heterocycles. The van der Waals surface area contributed by atoms with Crippen LogP contribution in [0.5, 0.6) is 5.75 Å². The van der Waals surface area contributed by atoms with Crippen molar-refractivity contribution in [1.82, 2.24) is 4.98 Å². The van der Waals surface area contributed by atoms with Crippen molar-refractivity contribution in [1.29, 1.82) is 0 Å². The van der Waals surface area contributed by atoms with Gasteiger partial charge in [-0.05, 0) is 49.2 Å². The number of benzene rings is 2. The van der Waals surface area contributed by atoms with Crippen LogP contribution in [-0.4, -0.2) is 44.7 Å². The average molecular weight is 385 g/mol. The maximum Gasteiger partial charge on any atom is 0.266 e. The number of nitrogens with one attached hydrogen (secondary N) is 1. The summed E-state index contributed by atoms with van der Waals surface area (Å²) in [5, 5.41) is 0.734. The Morgan fingerprint density at radius 1 is 1.15 bits per heavy atom. The largest absolute Gasteiger partial charge is 0.484 e. The molecule has 3 rings (SSSR count). The van der Waals surface area contributed by atoms with Gasteiger partial charge in [-0.2, -0.15) is 0 Å². The molecule has 0 spiro atoms. The smallest absolute Gasteiger partial charge is 0.266 e. The standard InChI is InChI=1S/C21H25N3O2S/c1-15-12-18-19(13-16(15)2)27-21(22-18)24(11-10-23(3)4)20(25)14-26-17-8-6-5-7-9-17/h5-9,12-13H,10-11,14H2,1-4H3/p+1. The van der Waals surface area contributed by atoms with Crippen molar-refractivity contribution in [3.8, 4) is 5.75 Å². The summed E-state index contributed by atoms with van der Waals surface area (Å²) in [6.07, 6.45) is 0. The zero-order valence-corrected chi connectivity index (χ0v) is 17.1. The molecule has 0 bridgehead atoms. The van der Waals surface area contributed by atoms with Crippen LogP contribution in [0.3, 0.4) is 0 Å². The first-order chi connectivity index (χ1) is 12.9. The Morgan fingerprint density at radius 2 is 1.85 bits per heavy atom. The maximum atomic E-state index is 12.9. The van der Waals surface area contributed by atoms with E-state index in [1.165, 1.54) is 16.0 Å². The number of thiazole rings is 1. The minimum atomic E-state index is -0.0763.